The molecule has 8 nitrogen and oxygen atoms in total. The van der Waals surface area contributed by atoms with Crippen molar-refractivity contribution in [2.45, 2.75) is 58.1 Å². The summed E-state index contributed by atoms with van der Waals surface area (Å²) in [4.78, 5) is 21.5. The lowest BCUT2D eigenvalue weighted by atomic mass is 10.0. The molecule has 202 valence electrons. The van der Waals surface area contributed by atoms with Gasteiger partial charge in [-0.1, -0.05) is 36.4 Å². The summed E-state index contributed by atoms with van der Waals surface area (Å²) in [5.41, 5.74) is 2.15. The molecule has 9 heteroatoms. The van der Waals surface area contributed by atoms with Crippen molar-refractivity contribution in [1.29, 1.82) is 0 Å². The molecule has 0 aliphatic carbocycles. The molecule has 0 bridgehead atoms. The molecule has 1 aliphatic rings. The minimum atomic E-state index is -0.751. The largest absolute Gasteiger partial charge is 0.494 e. The van der Waals surface area contributed by atoms with Gasteiger partial charge in [0.05, 0.1) is 24.4 Å². The highest BCUT2D eigenvalue weighted by molar-refractivity contribution is 6.01. The summed E-state index contributed by atoms with van der Waals surface area (Å²) in [7, 11) is 0. The number of carbonyl (C=O) groups excluding carboxylic acids is 1. The number of ether oxygens (including phenoxy) is 1. The SMILES string of the molecule is Cc1ccc(OCCCC(C)(C)O)cc1-c1cc(NC(=O)c2nc3n(n2)C(c2ccccc2)CC3)ncc1F. The van der Waals surface area contributed by atoms with Crippen molar-refractivity contribution in [2.75, 3.05) is 11.9 Å². The highest BCUT2D eigenvalue weighted by atomic mass is 19.1. The maximum absolute atomic E-state index is 14.9. The monoisotopic (exact) mass is 529 g/mol. The Labute approximate surface area is 226 Å². The zero-order chi connectivity index (χ0) is 27.6. The summed E-state index contributed by atoms with van der Waals surface area (Å²) in [5.74, 6) is 0.585. The maximum atomic E-state index is 14.9. The Kier molecular flexibility index (Phi) is 7.43. The average Bonchev–Trinajstić information content (AvgIpc) is 3.50. The first kappa shape index (κ1) is 26.5. The van der Waals surface area contributed by atoms with E-state index in [0.29, 0.717) is 36.3 Å². The Bertz CT molecular complexity index is 1480. The quantitative estimate of drug-likeness (QED) is 0.278. The molecule has 1 amide bonds. The smallest absolute Gasteiger partial charge is 0.296 e. The second kappa shape index (κ2) is 10.9. The molecule has 2 aromatic carbocycles. The molecule has 5 rings (SSSR count). The van der Waals surface area contributed by atoms with Crippen LogP contribution in [0.1, 0.15) is 66.7 Å². The normalized spacial score (nSPS) is 14.7. The highest BCUT2D eigenvalue weighted by Gasteiger charge is 2.28. The number of aliphatic hydroxyl groups is 1. The number of anilines is 1. The zero-order valence-corrected chi connectivity index (χ0v) is 22.3. The van der Waals surface area contributed by atoms with Crippen LogP contribution in [0.4, 0.5) is 10.2 Å². The molecular formula is C30H32FN5O3. The fraction of sp³-hybridized carbons (Fsp3) is 0.333. The number of halogens is 1. The number of pyridine rings is 1. The summed E-state index contributed by atoms with van der Waals surface area (Å²) >= 11 is 0. The van der Waals surface area contributed by atoms with Gasteiger partial charge in [0.15, 0.2) is 0 Å². The predicted molar refractivity (Wildman–Crippen MR) is 146 cm³/mol. The Hall–Kier alpha value is -4.11. The molecular weight excluding hydrogens is 497 g/mol. The van der Waals surface area contributed by atoms with Gasteiger partial charge in [-0.2, -0.15) is 0 Å². The number of amides is 1. The van der Waals surface area contributed by atoms with E-state index in [9.17, 15) is 14.3 Å². The van der Waals surface area contributed by atoms with Gasteiger partial charge in [-0.3, -0.25) is 4.79 Å². The second-order valence-corrected chi connectivity index (χ2v) is 10.5. The Morgan fingerprint density at radius 2 is 1.97 bits per heavy atom. The molecule has 1 unspecified atom stereocenters. The van der Waals surface area contributed by atoms with E-state index >= 15 is 0 Å². The highest BCUT2D eigenvalue weighted by Crippen LogP contribution is 2.32. The van der Waals surface area contributed by atoms with Crippen LogP contribution in [0.2, 0.25) is 0 Å². The molecule has 0 saturated carbocycles. The van der Waals surface area contributed by atoms with Gasteiger partial charge >= 0.3 is 0 Å². The van der Waals surface area contributed by atoms with E-state index in [1.54, 1.807) is 19.9 Å². The number of rotatable bonds is 9. The molecule has 2 N–H and O–H groups in total. The first-order valence-corrected chi connectivity index (χ1v) is 13.1. The average molecular weight is 530 g/mol. The number of carbonyl (C=O) groups is 1. The minimum absolute atomic E-state index is 0.0402. The van der Waals surface area contributed by atoms with E-state index in [4.69, 9.17) is 4.74 Å². The van der Waals surface area contributed by atoms with Crippen LogP contribution >= 0.6 is 0 Å². The van der Waals surface area contributed by atoms with Crippen molar-refractivity contribution in [1.82, 2.24) is 19.7 Å². The molecule has 1 atom stereocenters. The number of nitrogens with zero attached hydrogens (tertiary/aromatic N) is 4. The van der Waals surface area contributed by atoms with Crippen LogP contribution in [0, 0.1) is 12.7 Å². The number of nitrogens with one attached hydrogen (secondary N) is 1. The molecule has 0 saturated heterocycles. The standard InChI is InChI=1S/C30H32FN5O3/c1-19-10-11-21(39-15-7-14-30(2,3)38)16-22(19)23-17-26(32-18-24(23)31)33-29(37)28-34-27-13-12-25(36(27)35-28)20-8-5-4-6-9-20/h4-6,8-11,16-18,25,38H,7,12-15H2,1-3H3,(H,32,33,37). The summed E-state index contributed by atoms with van der Waals surface area (Å²) in [5, 5.41) is 17.1. The summed E-state index contributed by atoms with van der Waals surface area (Å²) in [6.07, 6.45) is 3.99. The van der Waals surface area contributed by atoms with Crippen molar-refractivity contribution in [3.05, 3.63) is 89.4 Å². The second-order valence-electron chi connectivity index (χ2n) is 10.5. The van der Waals surface area contributed by atoms with Gasteiger partial charge in [-0.15, -0.1) is 5.10 Å². The third kappa shape index (κ3) is 6.15. The van der Waals surface area contributed by atoms with Crippen molar-refractivity contribution < 1.29 is 19.0 Å². The molecule has 0 fully saturated rings. The van der Waals surface area contributed by atoms with E-state index in [1.165, 1.54) is 6.07 Å². The molecule has 4 aromatic rings. The molecule has 0 radical (unpaired) electrons. The van der Waals surface area contributed by atoms with Crippen molar-refractivity contribution >= 4 is 11.7 Å². The van der Waals surface area contributed by atoms with Gasteiger partial charge in [0.1, 0.15) is 23.2 Å². The maximum Gasteiger partial charge on any atom is 0.296 e. The lowest BCUT2D eigenvalue weighted by molar-refractivity contribution is 0.0641. The lowest BCUT2D eigenvalue weighted by Gasteiger charge is -2.17. The van der Waals surface area contributed by atoms with Crippen LogP contribution in [-0.2, 0) is 6.42 Å². The summed E-state index contributed by atoms with van der Waals surface area (Å²) < 4.78 is 22.6. The lowest BCUT2D eigenvalue weighted by Crippen LogP contribution is -2.19. The van der Waals surface area contributed by atoms with Crippen LogP contribution in [0.25, 0.3) is 11.1 Å². The van der Waals surface area contributed by atoms with E-state index in [2.05, 4.69) is 20.4 Å². The van der Waals surface area contributed by atoms with E-state index in [-0.39, 0.29) is 17.7 Å². The van der Waals surface area contributed by atoms with Crippen molar-refractivity contribution in [3.8, 4) is 16.9 Å². The van der Waals surface area contributed by atoms with Gasteiger partial charge in [-0.05, 0) is 74.9 Å². The molecule has 2 aromatic heterocycles. The summed E-state index contributed by atoms with van der Waals surface area (Å²) in [6.45, 7) is 5.83. The number of hydrogen-bond donors (Lipinski definition) is 2. The fourth-order valence-electron chi connectivity index (χ4n) is 4.80. The van der Waals surface area contributed by atoms with Crippen LogP contribution < -0.4 is 10.1 Å². The molecule has 0 spiro atoms. The summed E-state index contributed by atoms with van der Waals surface area (Å²) in [6, 6.07) is 17.0. The van der Waals surface area contributed by atoms with Gasteiger partial charge in [0, 0.05) is 12.0 Å². The Morgan fingerprint density at radius 3 is 2.74 bits per heavy atom. The topological polar surface area (TPSA) is 102 Å². The zero-order valence-electron chi connectivity index (χ0n) is 22.3. The molecule has 3 heterocycles. The van der Waals surface area contributed by atoms with Gasteiger partial charge in [0.2, 0.25) is 5.82 Å². The number of aromatic nitrogens is 4. The number of benzene rings is 2. The Morgan fingerprint density at radius 1 is 1.18 bits per heavy atom. The molecule has 1 aliphatic heterocycles. The van der Waals surface area contributed by atoms with E-state index < -0.39 is 17.3 Å². The fourth-order valence-corrected chi connectivity index (χ4v) is 4.80. The first-order chi connectivity index (χ1) is 18.7. The first-order valence-electron chi connectivity index (χ1n) is 13.1. The van der Waals surface area contributed by atoms with Crippen molar-refractivity contribution in [3.63, 3.8) is 0 Å². The van der Waals surface area contributed by atoms with E-state index in [0.717, 1.165) is 36.0 Å². The van der Waals surface area contributed by atoms with E-state index in [1.807, 2.05) is 54.1 Å². The number of hydrogen-bond acceptors (Lipinski definition) is 6. The van der Waals surface area contributed by atoms with Gasteiger partial charge < -0.3 is 15.2 Å². The third-order valence-corrected chi connectivity index (χ3v) is 6.82. The molecule has 39 heavy (non-hydrogen) atoms. The van der Waals surface area contributed by atoms with Crippen LogP contribution in [0.5, 0.6) is 5.75 Å². The van der Waals surface area contributed by atoms with Crippen molar-refractivity contribution in [2.24, 2.45) is 0 Å². The Balaban J connectivity index is 1.31. The van der Waals surface area contributed by atoms with Gasteiger partial charge in [-0.25, -0.2) is 19.0 Å². The third-order valence-electron chi connectivity index (χ3n) is 6.82. The van der Waals surface area contributed by atoms with Crippen LogP contribution in [-0.4, -0.2) is 43.0 Å². The number of aryl methyl sites for hydroxylation is 2. The number of fused-ring (bicyclic) bond motifs is 1. The predicted octanol–water partition coefficient (Wildman–Crippen LogP) is 5.51. The van der Waals surface area contributed by atoms with Gasteiger partial charge in [0.25, 0.3) is 5.91 Å². The van der Waals surface area contributed by atoms with Crippen LogP contribution in [0.3, 0.4) is 0 Å². The van der Waals surface area contributed by atoms with Crippen LogP contribution in [0.15, 0.2) is 60.8 Å². The minimum Gasteiger partial charge on any atom is -0.494 e.